The van der Waals surface area contributed by atoms with Crippen LogP contribution in [0.5, 0.6) is 0 Å². The first-order chi connectivity index (χ1) is 12.8. The lowest BCUT2D eigenvalue weighted by molar-refractivity contribution is -0.121. The van der Waals surface area contributed by atoms with Crippen LogP contribution >= 0.6 is 0 Å². The van der Waals surface area contributed by atoms with Gasteiger partial charge in [-0.3, -0.25) is 9.59 Å². The Morgan fingerprint density at radius 2 is 2.07 bits per heavy atom. The van der Waals surface area contributed by atoms with Crippen LogP contribution < -0.4 is 21.3 Å². The van der Waals surface area contributed by atoms with Gasteiger partial charge in [-0.25, -0.2) is 4.98 Å². The molecule has 2 rings (SSSR count). The van der Waals surface area contributed by atoms with Crippen LogP contribution in [0.4, 0.5) is 23.1 Å². The summed E-state index contributed by atoms with van der Waals surface area (Å²) in [7, 11) is 3.14. The molecule has 0 bridgehead atoms. The van der Waals surface area contributed by atoms with Crippen molar-refractivity contribution in [3.63, 3.8) is 0 Å². The molecule has 1 aromatic carbocycles. The molecule has 0 radical (unpaired) electrons. The molecule has 0 aliphatic rings. The number of rotatable bonds is 8. The molecule has 0 aliphatic heterocycles. The number of nitrogens with two attached hydrogens (primary N) is 1. The van der Waals surface area contributed by atoms with E-state index in [0.29, 0.717) is 23.1 Å². The Morgan fingerprint density at radius 1 is 1.33 bits per heavy atom. The zero-order valence-corrected chi connectivity index (χ0v) is 15.8. The first-order valence-corrected chi connectivity index (χ1v) is 8.37. The van der Waals surface area contributed by atoms with Gasteiger partial charge < -0.3 is 26.0 Å². The van der Waals surface area contributed by atoms with Crippen molar-refractivity contribution >= 4 is 35.0 Å². The number of methoxy groups -OCH3 is 1. The topological polar surface area (TPSA) is 122 Å². The van der Waals surface area contributed by atoms with Gasteiger partial charge in [-0.1, -0.05) is 6.07 Å². The number of benzene rings is 1. The Balaban J connectivity index is 2.25. The van der Waals surface area contributed by atoms with Gasteiger partial charge in [0.05, 0.1) is 5.56 Å². The van der Waals surface area contributed by atoms with Crippen LogP contribution in [0.25, 0.3) is 0 Å². The maximum Gasteiger partial charge on any atom is 0.254 e. The van der Waals surface area contributed by atoms with Gasteiger partial charge in [0.25, 0.3) is 11.8 Å². The van der Waals surface area contributed by atoms with Gasteiger partial charge in [0.2, 0.25) is 5.95 Å². The van der Waals surface area contributed by atoms with Crippen molar-refractivity contribution in [1.29, 1.82) is 0 Å². The summed E-state index contributed by atoms with van der Waals surface area (Å²) in [6, 6.07) is 7.28. The highest BCUT2D eigenvalue weighted by atomic mass is 16.5. The van der Waals surface area contributed by atoms with Crippen LogP contribution in [0, 0.1) is 0 Å². The Labute approximate surface area is 157 Å². The number of carbonyl (C=O) groups is 2. The van der Waals surface area contributed by atoms with Crippen LogP contribution in [-0.2, 0) is 9.53 Å². The van der Waals surface area contributed by atoms with Crippen molar-refractivity contribution in [1.82, 2.24) is 9.97 Å². The molecular formula is C18H24N6O3. The van der Waals surface area contributed by atoms with E-state index in [-0.39, 0.29) is 24.1 Å². The number of aromatic nitrogens is 2. The van der Waals surface area contributed by atoms with Crippen LogP contribution in [0.3, 0.4) is 0 Å². The molecule has 1 heterocycles. The highest BCUT2D eigenvalue weighted by molar-refractivity contribution is 5.97. The molecule has 0 unspecified atom stereocenters. The minimum Gasteiger partial charge on any atom is -0.375 e. The minimum absolute atomic E-state index is 0.00389. The van der Waals surface area contributed by atoms with E-state index in [1.807, 2.05) is 26.0 Å². The molecule has 0 saturated heterocycles. The first-order valence-electron chi connectivity index (χ1n) is 8.37. The summed E-state index contributed by atoms with van der Waals surface area (Å²) in [6.07, 6.45) is 1.38. The van der Waals surface area contributed by atoms with E-state index in [0.717, 1.165) is 0 Å². The maximum absolute atomic E-state index is 12.0. The smallest absolute Gasteiger partial charge is 0.254 e. The summed E-state index contributed by atoms with van der Waals surface area (Å²) in [5.74, 6) is -0.116. The quantitative estimate of drug-likeness (QED) is 0.645. The van der Waals surface area contributed by atoms with Gasteiger partial charge in [-0.15, -0.1) is 0 Å². The number of nitrogens with zero attached hydrogens (tertiary/aromatic N) is 3. The van der Waals surface area contributed by atoms with Crippen molar-refractivity contribution in [3.05, 3.63) is 36.0 Å². The second-order valence-electron chi connectivity index (χ2n) is 6.18. The molecule has 4 N–H and O–H groups in total. The van der Waals surface area contributed by atoms with Crippen molar-refractivity contribution in [2.75, 3.05) is 36.3 Å². The summed E-state index contributed by atoms with van der Waals surface area (Å²) in [5, 5.41) is 6.15. The number of amides is 2. The lowest BCUT2D eigenvalue weighted by Crippen LogP contribution is -2.29. The van der Waals surface area contributed by atoms with Crippen molar-refractivity contribution in [3.8, 4) is 0 Å². The Morgan fingerprint density at radius 3 is 2.70 bits per heavy atom. The fraction of sp³-hybridized carbons (Fsp3) is 0.333. The third kappa shape index (κ3) is 5.38. The molecule has 9 nitrogen and oxygen atoms in total. The molecular weight excluding hydrogens is 348 g/mol. The second-order valence-corrected chi connectivity index (χ2v) is 6.18. The third-order valence-corrected chi connectivity index (χ3v) is 3.61. The summed E-state index contributed by atoms with van der Waals surface area (Å²) in [4.78, 5) is 33.5. The van der Waals surface area contributed by atoms with Gasteiger partial charge in [0, 0.05) is 37.8 Å². The fourth-order valence-corrected chi connectivity index (χ4v) is 2.29. The van der Waals surface area contributed by atoms with E-state index in [1.165, 1.54) is 18.2 Å². The Bertz CT molecular complexity index is 824. The molecule has 144 valence electrons. The monoisotopic (exact) mass is 372 g/mol. The summed E-state index contributed by atoms with van der Waals surface area (Å²) in [5.41, 5.74) is 6.97. The average Bonchev–Trinajstić information content (AvgIpc) is 2.61. The zero-order valence-electron chi connectivity index (χ0n) is 15.8. The Hall–Kier alpha value is -3.20. The number of anilines is 4. The molecule has 27 heavy (non-hydrogen) atoms. The SMILES string of the molecule is COCC(=O)N(C)c1cccc(Nc2ncc(C(N)=O)c(NC(C)C)n2)c1. The van der Waals surface area contributed by atoms with E-state index >= 15 is 0 Å². The third-order valence-electron chi connectivity index (χ3n) is 3.61. The molecule has 0 saturated carbocycles. The van der Waals surface area contributed by atoms with Crippen molar-refractivity contribution < 1.29 is 14.3 Å². The second kappa shape index (κ2) is 8.95. The van der Waals surface area contributed by atoms with E-state index in [4.69, 9.17) is 10.5 Å². The standard InChI is InChI=1S/C18H24N6O3/c1-11(2)21-17-14(16(19)26)9-20-18(23-17)22-12-6-5-7-13(8-12)24(3)15(25)10-27-4/h5-9,11H,10H2,1-4H3,(H2,19,26)(H2,20,21,22,23). The summed E-state index contributed by atoms with van der Waals surface area (Å²) in [6.45, 7) is 3.85. The van der Waals surface area contributed by atoms with Crippen LogP contribution in [0.15, 0.2) is 30.5 Å². The number of ether oxygens (including phenoxy) is 1. The molecule has 9 heteroatoms. The minimum atomic E-state index is -0.607. The van der Waals surface area contributed by atoms with Gasteiger partial charge in [-0.2, -0.15) is 4.98 Å². The fourth-order valence-electron chi connectivity index (χ4n) is 2.29. The Kier molecular flexibility index (Phi) is 6.67. The highest BCUT2D eigenvalue weighted by Gasteiger charge is 2.14. The molecule has 2 aromatic rings. The molecule has 0 spiro atoms. The molecule has 1 aromatic heterocycles. The molecule has 0 fully saturated rings. The van der Waals surface area contributed by atoms with E-state index in [1.54, 1.807) is 19.2 Å². The largest absolute Gasteiger partial charge is 0.375 e. The molecule has 0 atom stereocenters. The van der Waals surface area contributed by atoms with E-state index in [2.05, 4.69) is 20.6 Å². The lowest BCUT2D eigenvalue weighted by atomic mass is 10.2. The maximum atomic E-state index is 12.0. The normalized spacial score (nSPS) is 10.6. The van der Waals surface area contributed by atoms with Crippen LogP contribution in [-0.4, -0.2) is 48.6 Å². The van der Waals surface area contributed by atoms with Gasteiger partial charge in [0.1, 0.15) is 12.4 Å². The van der Waals surface area contributed by atoms with Gasteiger partial charge in [0.15, 0.2) is 0 Å². The number of hydrogen-bond donors (Lipinski definition) is 3. The van der Waals surface area contributed by atoms with Gasteiger partial charge in [-0.05, 0) is 32.0 Å². The van der Waals surface area contributed by atoms with Gasteiger partial charge >= 0.3 is 0 Å². The van der Waals surface area contributed by atoms with Crippen LogP contribution in [0.1, 0.15) is 24.2 Å². The summed E-state index contributed by atoms with van der Waals surface area (Å²) < 4.78 is 4.88. The predicted octanol–water partition coefficient (Wildman–Crippen LogP) is 1.75. The number of hydrogen-bond acceptors (Lipinski definition) is 7. The highest BCUT2D eigenvalue weighted by Crippen LogP contribution is 2.22. The zero-order chi connectivity index (χ0) is 20.0. The number of nitrogens with one attached hydrogen (secondary N) is 2. The number of carbonyl (C=O) groups excluding carboxylic acids is 2. The lowest BCUT2D eigenvalue weighted by Gasteiger charge is -2.18. The average molecular weight is 372 g/mol. The predicted molar refractivity (Wildman–Crippen MR) is 104 cm³/mol. The molecule has 0 aliphatic carbocycles. The van der Waals surface area contributed by atoms with Crippen molar-refractivity contribution in [2.24, 2.45) is 5.73 Å². The van der Waals surface area contributed by atoms with E-state index in [9.17, 15) is 9.59 Å². The first kappa shape index (κ1) is 20.1. The molecule has 2 amide bonds. The number of likely N-dealkylation sites (N-methyl/N-ethyl adjacent to an activating group) is 1. The van der Waals surface area contributed by atoms with Crippen LogP contribution in [0.2, 0.25) is 0 Å². The number of primary amides is 1. The summed E-state index contributed by atoms with van der Waals surface area (Å²) >= 11 is 0. The van der Waals surface area contributed by atoms with E-state index < -0.39 is 5.91 Å². The van der Waals surface area contributed by atoms with Crippen molar-refractivity contribution in [2.45, 2.75) is 19.9 Å².